The van der Waals surface area contributed by atoms with Gasteiger partial charge in [-0.1, -0.05) is 26.7 Å². The van der Waals surface area contributed by atoms with Crippen LogP contribution in [-0.4, -0.2) is 24.0 Å². The average Bonchev–Trinajstić information content (AvgIpc) is 2.68. The number of nitrogens with zero attached hydrogens (tertiary/aromatic N) is 1. The molecule has 0 bridgehead atoms. The van der Waals surface area contributed by atoms with Gasteiger partial charge in [-0.05, 0) is 43.5 Å². The second kappa shape index (κ2) is 7.05. The molecule has 1 aromatic rings. The van der Waals surface area contributed by atoms with Gasteiger partial charge in [0.25, 0.3) is 0 Å². The van der Waals surface area contributed by atoms with Crippen LogP contribution >= 0.6 is 0 Å². The van der Waals surface area contributed by atoms with E-state index in [4.69, 9.17) is 14.9 Å². The highest BCUT2D eigenvalue weighted by Crippen LogP contribution is 2.41. The minimum Gasteiger partial charge on any atom is -0.396 e. The topological polar surface area (TPSA) is 51.0 Å². The van der Waals surface area contributed by atoms with E-state index in [0.717, 1.165) is 42.8 Å². The lowest BCUT2D eigenvalue weighted by atomic mass is 9.82. The summed E-state index contributed by atoms with van der Waals surface area (Å²) in [4.78, 5) is 15.2. The van der Waals surface area contributed by atoms with E-state index >= 15 is 0 Å². The van der Waals surface area contributed by atoms with E-state index in [9.17, 15) is 0 Å². The van der Waals surface area contributed by atoms with Gasteiger partial charge in [-0.3, -0.25) is 4.99 Å². The molecule has 0 radical (unpaired) electrons. The standard InChI is InChI=1S/C17H25NO3/c1-13-17(2,3)15-12-14(8-9-16(15)18-13)21-20-11-7-5-4-6-10-19/h8-9,12,19H,4-7,10-11H2,1-3H3. The Morgan fingerprint density at radius 3 is 2.67 bits per heavy atom. The number of benzene rings is 1. The summed E-state index contributed by atoms with van der Waals surface area (Å²) in [6, 6.07) is 5.89. The molecule has 0 fully saturated rings. The molecule has 1 heterocycles. The van der Waals surface area contributed by atoms with E-state index < -0.39 is 0 Å². The van der Waals surface area contributed by atoms with Crippen LogP contribution in [0, 0.1) is 0 Å². The number of aliphatic hydroxyl groups excluding tert-OH is 1. The van der Waals surface area contributed by atoms with E-state index in [2.05, 4.69) is 25.8 Å². The van der Waals surface area contributed by atoms with Crippen molar-refractivity contribution in [3.05, 3.63) is 23.8 Å². The third-order valence-electron chi connectivity index (χ3n) is 4.12. The largest absolute Gasteiger partial charge is 0.396 e. The number of aliphatic hydroxyl groups is 1. The highest BCUT2D eigenvalue weighted by molar-refractivity contribution is 5.99. The number of fused-ring (bicyclic) bond motifs is 1. The maximum absolute atomic E-state index is 8.69. The average molecular weight is 291 g/mol. The van der Waals surface area contributed by atoms with Crippen molar-refractivity contribution >= 4 is 11.4 Å². The number of hydrogen-bond acceptors (Lipinski definition) is 4. The first-order chi connectivity index (χ1) is 10.1. The molecule has 0 saturated heterocycles. The zero-order chi connectivity index (χ0) is 15.3. The van der Waals surface area contributed by atoms with Crippen LogP contribution < -0.4 is 4.89 Å². The Balaban J connectivity index is 1.81. The second-order valence-corrected chi connectivity index (χ2v) is 6.04. The summed E-state index contributed by atoms with van der Waals surface area (Å²) in [5.41, 5.74) is 3.29. The van der Waals surface area contributed by atoms with Crippen LogP contribution in [0.3, 0.4) is 0 Å². The predicted octanol–water partition coefficient (Wildman–Crippen LogP) is 3.93. The van der Waals surface area contributed by atoms with Crippen molar-refractivity contribution in [3.8, 4) is 5.75 Å². The lowest BCUT2D eigenvalue weighted by molar-refractivity contribution is -0.207. The number of unbranched alkanes of at least 4 members (excludes halogenated alkanes) is 3. The third kappa shape index (κ3) is 3.83. The summed E-state index contributed by atoms with van der Waals surface area (Å²) < 4.78 is 0. The highest BCUT2D eigenvalue weighted by Gasteiger charge is 2.32. The smallest absolute Gasteiger partial charge is 0.165 e. The summed E-state index contributed by atoms with van der Waals surface area (Å²) in [5.74, 6) is 0.724. The molecule has 0 aliphatic carbocycles. The van der Waals surface area contributed by atoms with Gasteiger partial charge in [0.05, 0.1) is 12.3 Å². The Hall–Kier alpha value is -1.39. The van der Waals surface area contributed by atoms with Crippen molar-refractivity contribution in [1.29, 1.82) is 0 Å². The van der Waals surface area contributed by atoms with Gasteiger partial charge in [0.2, 0.25) is 0 Å². The van der Waals surface area contributed by atoms with E-state index in [-0.39, 0.29) is 12.0 Å². The minimum atomic E-state index is -0.0427. The molecule has 116 valence electrons. The second-order valence-electron chi connectivity index (χ2n) is 6.04. The number of rotatable bonds is 8. The van der Waals surface area contributed by atoms with Crippen LogP contribution in [0.4, 0.5) is 5.69 Å². The summed E-state index contributed by atoms with van der Waals surface area (Å²) >= 11 is 0. The molecular formula is C17H25NO3. The molecule has 1 N–H and O–H groups in total. The maximum atomic E-state index is 8.69. The zero-order valence-electron chi connectivity index (χ0n) is 13.2. The Morgan fingerprint density at radius 1 is 1.14 bits per heavy atom. The third-order valence-corrected chi connectivity index (χ3v) is 4.12. The fourth-order valence-corrected chi connectivity index (χ4v) is 2.42. The Kier molecular flexibility index (Phi) is 5.37. The first-order valence-electron chi connectivity index (χ1n) is 7.66. The summed E-state index contributed by atoms with van der Waals surface area (Å²) in [7, 11) is 0. The van der Waals surface area contributed by atoms with Crippen LogP contribution in [0.5, 0.6) is 5.75 Å². The van der Waals surface area contributed by atoms with Gasteiger partial charge < -0.3 is 9.99 Å². The van der Waals surface area contributed by atoms with Crippen LogP contribution in [0.2, 0.25) is 0 Å². The molecule has 2 rings (SSSR count). The van der Waals surface area contributed by atoms with Crippen molar-refractivity contribution in [2.24, 2.45) is 4.99 Å². The van der Waals surface area contributed by atoms with Crippen molar-refractivity contribution in [2.75, 3.05) is 13.2 Å². The quantitative estimate of drug-likeness (QED) is 0.448. The molecular weight excluding hydrogens is 266 g/mol. The zero-order valence-corrected chi connectivity index (χ0v) is 13.2. The molecule has 4 nitrogen and oxygen atoms in total. The van der Waals surface area contributed by atoms with Gasteiger partial charge >= 0.3 is 0 Å². The molecule has 4 heteroatoms. The molecule has 0 amide bonds. The number of hydrogen-bond donors (Lipinski definition) is 1. The van der Waals surface area contributed by atoms with E-state index in [1.807, 2.05) is 18.2 Å². The first-order valence-corrected chi connectivity index (χ1v) is 7.66. The van der Waals surface area contributed by atoms with Crippen LogP contribution in [-0.2, 0) is 10.3 Å². The van der Waals surface area contributed by atoms with Gasteiger partial charge in [-0.25, -0.2) is 0 Å². The molecule has 0 spiro atoms. The summed E-state index contributed by atoms with van der Waals surface area (Å²) in [6.07, 6.45) is 3.89. The van der Waals surface area contributed by atoms with E-state index in [0.29, 0.717) is 6.61 Å². The molecule has 1 aliphatic heterocycles. The van der Waals surface area contributed by atoms with Crippen molar-refractivity contribution < 1.29 is 14.9 Å². The fourth-order valence-electron chi connectivity index (χ4n) is 2.42. The highest BCUT2D eigenvalue weighted by atomic mass is 17.2. The van der Waals surface area contributed by atoms with Crippen molar-refractivity contribution in [3.63, 3.8) is 0 Å². The fraction of sp³-hybridized carbons (Fsp3) is 0.588. The normalized spacial score (nSPS) is 15.7. The first kappa shape index (κ1) is 16.0. The van der Waals surface area contributed by atoms with E-state index in [1.165, 1.54) is 5.56 Å². The van der Waals surface area contributed by atoms with Crippen LogP contribution in [0.1, 0.15) is 52.0 Å². The molecule has 1 aromatic carbocycles. The predicted molar refractivity (Wildman–Crippen MR) is 84.4 cm³/mol. The molecule has 0 unspecified atom stereocenters. The van der Waals surface area contributed by atoms with Gasteiger partial charge in [-0.2, -0.15) is 4.89 Å². The Bertz CT molecular complexity index is 509. The SMILES string of the molecule is CC1=Nc2ccc(OOCCCCCCO)cc2C1(C)C. The monoisotopic (exact) mass is 291 g/mol. The van der Waals surface area contributed by atoms with Gasteiger partial charge in [0.15, 0.2) is 5.75 Å². The maximum Gasteiger partial charge on any atom is 0.165 e. The Labute approximate surface area is 126 Å². The molecule has 0 saturated carbocycles. The Morgan fingerprint density at radius 2 is 1.90 bits per heavy atom. The molecule has 0 atom stereocenters. The molecule has 1 aliphatic rings. The van der Waals surface area contributed by atoms with Gasteiger partial charge in [0.1, 0.15) is 0 Å². The van der Waals surface area contributed by atoms with Gasteiger partial charge in [-0.15, -0.1) is 0 Å². The van der Waals surface area contributed by atoms with Crippen LogP contribution in [0.15, 0.2) is 23.2 Å². The summed E-state index contributed by atoms with van der Waals surface area (Å²) in [5, 5.41) is 8.69. The summed E-state index contributed by atoms with van der Waals surface area (Å²) in [6.45, 7) is 7.24. The number of aliphatic imine (C=N–C) groups is 1. The minimum absolute atomic E-state index is 0.0427. The lowest BCUT2D eigenvalue weighted by Gasteiger charge is -2.20. The van der Waals surface area contributed by atoms with Crippen molar-refractivity contribution in [1.82, 2.24) is 0 Å². The van der Waals surface area contributed by atoms with Crippen LogP contribution in [0.25, 0.3) is 0 Å². The van der Waals surface area contributed by atoms with Gasteiger partial charge in [0, 0.05) is 17.7 Å². The molecule has 0 aromatic heterocycles. The lowest BCUT2D eigenvalue weighted by Crippen LogP contribution is -2.22. The van der Waals surface area contributed by atoms with E-state index in [1.54, 1.807) is 0 Å². The van der Waals surface area contributed by atoms with Crippen molar-refractivity contribution in [2.45, 2.75) is 51.9 Å². The molecule has 21 heavy (non-hydrogen) atoms.